The van der Waals surface area contributed by atoms with E-state index in [0.717, 1.165) is 112 Å². The van der Waals surface area contributed by atoms with Crippen molar-refractivity contribution in [2.24, 2.45) is 0 Å². The van der Waals surface area contributed by atoms with Crippen LogP contribution in [0.1, 0.15) is 75.4 Å². The van der Waals surface area contributed by atoms with E-state index in [2.05, 4.69) is 197 Å². The number of nitrogens with one attached hydrogen (secondary N) is 2. The number of hydrogen-bond donors (Lipinski definition) is 2. The lowest BCUT2D eigenvalue weighted by atomic mass is 9.76. The van der Waals surface area contributed by atoms with Crippen LogP contribution in [0.25, 0.3) is 90.9 Å². The van der Waals surface area contributed by atoms with Gasteiger partial charge in [-0.05, 0) is 87.7 Å². The Kier molecular flexibility index (Phi) is 9.67. The van der Waals surface area contributed by atoms with E-state index in [9.17, 15) is 0 Å². The lowest BCUT2D eigenvalue weighted by molar-refractivity contribution is 0.336. The van der Waals surface area contributed by atoms with Crippen LogP contribution in [0, 0.1) is 0 Å². The van der Waals surface area contributed by atoms with E-state index in [1.165, 1.54) is 0 Å². The molecule has 3 aromatic heterocycles. The quantitative estimate of drug-likeness (QED) is 0.176. The Morgan fingerprint density at radius 3 is 1.15 bits per heavy atom. The molecule has 298 valence electrons. The third-order valence-electron chi connectivity index (χ3n) is 11.4. The summed E-state index contributed by atoms with van der Waals surface area (Å²) in [6.45, 7) is 13.3. The summed E-state index contributed by atoms with van der Waals surface area (Å²) in [5.74, 6) is 1.47. The minimum Gasteiger partial charge on any atom is -0.493 e. The van der Waals surface area contributed by atoms with E-state index >= 15 is 0 Å². The summed E-state index contributed by atoms with van der Waals surface area (Å²) in [4.78, 5) is 18.9. The number of hydrogen-bond acceptors (Lipinski definition) is 4. The second kappa shape index (κ2) is 15.0. The van der Waals surface area contributed by atoms with Crippen LogP contribution in [-0.2, 0) is 10.8 Å². The van der Waals surface area contributed by atoms with Crippen LogP contribution >= 0.6 is 0 Å². The number of methoxy groups -OCH3 is 2. The predicted octanol–water partition coefficient (Wildman–Crippen LogP) is 13.9. The van der Waals surface area contributed by atoms with Gasteiger partial charge >= 0.3 is 0 Å². The Morgan fingerprint density at radius 2 is 0.783 bits per heavy atom. The summed E-state index contributed by atoms with van der Waals surface area (Å²) in [5.41, 5.74) is 17.0. The predicted molar refractivity (Wildman–Crippen MR) is 251 cm³/mol. The molecule has 6 nitrogen and oxygen atoms in total. The van der Waals surface area contributed by atoms with Crippen molar-refractivity contribution >= 4 is 46.4 Å². The molecule has 0 amide bonds. The molecule has 4 aromatic carbocycles. The SMILES string of the molecule is COc1c(C(C)(C)C)cc(-c2c3nc(c(-c4ccccc4)c4ccc([nH]4)c(-c4ccccc4)c4ccc([nH]4)c(-c4ccccc4)c4nc2C=C4)C=C3)c(C(C)(C)C)c1OC. The zero-order valence-electron chi connectivity index (χ0n) is 35.6. The Balaban J connectivity index is 1.52. The number of aromatic nitrogens is 4. The first-order chi connectivity index (χ1) is 28.9. The summed E-state index contributed by atoms with van der Waals surface area (Å²) in [6, 6.07) is 42.6. The van der Waals surface area contributed by atoms with Crippen molar-refractivity contribution in [3.05, 3.63) is 155 Å². The second-order valence-corrected chi connectivity index (χ2v) is 17.5. The van der Waals surface area contributed by atoms with Gasteiger partial charge in [-0.2, -0.15) is 0 Å². The molecule has 0 atom stereocenters. The fraction of sp³-hybridized carbons (Fsp3) is 0.185. The average Bonchev–Trinajstić information content (AvgIpc) is 4.09. The standard InChI is InChI=1S/C54H50N4O2/c1-53(2,3)37-32-36(50(54(4,5)6)52(60-8)51(37)59-7)49-44-30-28-42(57-44)47(34-20-14-10-15-21-34)40-26-24-38(55-40)46(33-18-12-9-13-19-33)39-25-27-41(56-39)48(35-22-16-11-17-23-35)43-29-31-45(49)58-43/h9-32,55-56H,1-8H3. The summed E-state index contributed by atoms with van der Waals surface area (Å²) in [5, 5.41) is 0. The summed E-state index contributed by atoms with van der Waals surface area (Å²) in [6.07, 6.45) is 8.57. The summed E-state index contributed by atoms with van der Waals surface area (Å²) in [7, 11) is 3.47. The zero-order valence-corrected chi connectivity index (χ0v) is 35.6. The van der Waals surface area contributed by atoms with Crippen molar-refractivity contribution in [2.75, 3.05) is 14.2 Å². The highest BCUT2D eigenvalue weighted by molar-refractivity contribution is 6.00. The number of fused-ring (bicyclic) bond motifs is 8. The van der Waals surface area contributed by atoms with Crippen molar-refractivity contribution < 1.29 is 9.47 Å². The molecule has 0 saturated carbocycles. The van der Waals surface area contributed by atoms with Gasteiger partial charge in [0, 0.05) is 55.4 Å². The van der Waals surface area contributed by atoms with Crippen LogP contribution in [0.2, 0.25) is 0 Å². The van der Waals surface area contributed by atoms with Crippen LogP contribution < -0.4 is 9.47 Å². The molecule has 0 aliphatic carbocycles. The van der Waals surface area contributed by atoms with E-state index < -0.39 is 0 Å². The van der Waals surface area contributed by atoms with Gasteiger partial charge in [0.15, 0.2) is 11.5 Å². The fourth-order valence-corrected chi connectivity index (χ4v) is 8.75. The highest BCUT2D eigenvalue weighted by atomic mass is 16.5. The highest BCUT2D eigenvalue weighted by Crippen LogP contribution is 2.51. The molecule has 9 rings (SSSR count). The number of aromatic amines is 2. The van der Waals surface area contributed by atoms with Crippen molar-refractivity contribution in [3.63, 3.8) is 0 Å². The van der Waals surface area contributed by atoms with E-state index in [1.807, 2.05) is 0 Å². The topological polar surface area (TPSA) is 75.8 Å². The van der Waals surface area contributed by atoms with Gasteiger partial charge in [0.2, 0.25) is 0 Å². The first kappa shape index (κ1) is 38.6. The first-order valence-electron chi connectivity index (χ1n) is 20.6. The monoisotopic (exact) mass is 786 g/mol. The van der Waals surface area contributed by atoms with Gasteiger partial charge < -0.3 is 19.4 Å². The van der Waals surface area contributed by atoms with Crippen LogP contribution in [0.3, 0.4) is 0 Å². The van der Waals surface area contributed by atoms with Gasteiger partial charge in [-0.25, -0.2) is 9.97 Å². The Bertz CT molecular complexity index is 2860. The van der Waals surface area contributed by atoms with Crippen molar-refractivity contribution in [1.29, 1.82) is 0 Å². The first-order valence-corrected chi connectivity index (χ1v) is 20.6. The lowest BCUT2D eigenvalue weighted by Crippen LogP contribution is -2.20. The molecule has 5 heterocycles. The van der Waals surface area contributed by atoms with Crippen LogP contribution in [-0.4, -0.2) is 34.2 Å². The maximum atomic E-state index is 6.35. The summed E-state index contributed by atoms with van der Waals surface area (Å²) >= 11 is 0. The number of ether oxygens (including phenoxy) is 2. The zero-order chi connectivity index (χ0) is 41.8. The molecule has 2 aliphatic heterocycles. The van der Waals surface area contributed by atoms with Gasteiger partial charge in [0.1, 0.15) is 0 Å². The summed E-state index contributed by atoms with van der Waals surface area (Å²) < 4.78 is 12.5. The molecule has 2 aliphatic rings. The lowest BCUT2D eigenvalue weighted by Gasteiger charge is -2.32. The van der Waals surface area contributed by atoms with Crippen molar-refractivity contribution in [2.45, 2.75) is 52.4 Å². The van der Waals surface area contributed by atoms with Crippen LogP contribution in [0.5, 0.6) is 11.5 Å². The number of nitrogens with zero attached hydrogens (tertiary/aromatic N) is 2. The van der Waals surface area contributed by atoms with Gasteiger partial charge in [-0.15, -0.1) is 0 Å². The molecule has 6 heteroatoms. The van der Waals surface area contributed by atoms with Gasteiger partial charge in [0.05, 0.1) is 37.0 Å². The molecular formula is C54H50N4O2. The Hall–Kier alpha value is -6.92. The molecule has 60 heavy (non-hydrogen) atoms. The number of benzene rings is 4. The third-order valence-corrected chi connectivity index (χ3v) is 11.4. The number of rotatable bonds is 6. The average molecular weight is 787 g/mol. The molecule has 0 unspecified atom stereocenters. The molecule has 2 N–H and O–H groups in total. The molecule has 0 fully saturated rings. The Morgan fingerprint density at radius 1 is 0.417 bits per heavy atom. The van der Waals surface area contributed by atoms with E-state index in [-0.39, 0.29) is 10.8 Å². The Labute approximate surface area is 352 Å². The third kappa shape index (κ3) is 6.82. The van der Waals surface area contributed by atoms with E-state index in [1.54, 1.807) is 14.2 Å². The molecule has 0 saturated heterocycles. The van der Waals surface area contributed by atoms with E-state index in [4.69, 9.17) is 19.4 Å². The highest BCUT2D eigenvalue weighted by Gasteiger charge is 2.34. The largest absolute Gasteiger partial charge is 0.493 e. The molecule has 0 spiro atoms. The van der Waals surface area contributed by atoms with Gasteiger partial charge in [-0.3, -0.25) is 0 Å². The van der Waals surface area contributed by atoms with Crippen LogP contribution in [0.4, 0.5) is 0 Å². The molecule has 0 radical (unpaired) electrons. The second-order valence-electron chi connectivity index (χ2n) is 17.5. The van der Waals surface area contributed by atoms with Gasteiger partial charge in [0.25, 0.3) is 0 Å². The maximum absolute atomic E-state index is 6.35. The fourth-order valence-electron chi connectivity index (χ4n) is 8.75. The number of H-pyrrole nitrogens is 2. The van der Waals surface area contributed by atoms with E-state index in [0.29, 0.717) is 0 Å². The smallest absolute Gasteiger partial charge is 0.165 e. The van der Waals surface area contributed by atoms with Crippen molar-refractivity contribution in [3.8, 4) is 56.0 Å². The molecular weight excluding hydrogens is 737 g/mol. The molecule has 8 bridgehead atoms. The maximum Gasteiger partial charge on any atom is 0.165 e. The minimum absolute atomic E-state index is 0.271. The minimum atomic E-state index is -0.353. The van der Waals surface area contributed by atoms with Crippen molar-refractivity contribution in [1.82, 2.24) is 19.9 Å². The normalized spacial score (nSPS) is 12.5. The molecule has 7 aromatic rings. The van der Waals surface area contributed by atoms with Gasteiger partial charge in [-0.1, -0.05) is 133 Å². The van der Waals surface area contributed by atoms with Crippen LogP contribution in [0.15, 0.2) is 121 Å².